The molecule has 0 unspecified atom stereocenters. The fraction of sp³-hybridized carbons (Fsp3) is 0.588. The summed E-state index contributed by atoms with van der Waals surface area (Å²) in [5.41, 5.74) is 3.89. The molecule has 104 valence electrons. The van der Waals surface area contributed by atoms with Crippen LogP contribution in [0.5, 0.6) is 0 Å². The van der Waals surface area contributed by atoms with E-state index in [9.17, 15) is 4.79 Å². The molecular weight excluding hydrogens is 234 g/mol. The van der Waals surface area contributed by atoms with E-state index in [0.29, 0.717) is 6.42 Å². The second-order valence-electron chi connectivity index (χ2n) is 6.69. The summed E-state index contributed by atoms with van der Waals surface area (Å²) in [7, 11) is 0. The van der Waals surface area contributed by atoms with Gasteiger partial charge in [-0.05, 0) is 43.2 Å². The normalized spacial score (nSPS) is 18.4. The summed E-state index contributed by atoms with van der Waals surface area (Å²) < 4.78 is 0. The van der Waals surface area contributed by atoms with E-state index in [0.717, 1.165) is 19.5 Å². The van der Waals surface area contributed by atoms with E-state index in [1.807, 2.05) is 4.90 Å². The zero-order chi connectivity index (χ0) is 14.0. The van der Waals surface area contributed by atoms with Crippen LogP contribution in [0.15, 0.2) is 18.2 Å². The fourth-order valence-electron chi connectivity index (χ4n) is 2.90. The molecule has 1 aliphatic rings. The number of likely N-dealkylation sites (tertiary alicyclic amines) is 1. The van der Waals surface area contributed by atoms with E-state index < -0.39 is 0 Å². The zero-order valence-corrected chi connectivity index (χ0v) is 12.6. The fourth-order valence-corrected chi connectivity index (χ4v) is 2.90. The third-order valence-corrected chi connectivity index (χ3v) is 4.10. The van der Waals surface area contributed by atoms with Gasteiger partial charge in [-0.2, -0.15) is 0 Å². The maximum atomic E-state index is 12.4. The molecule has 2 rings (SSSR count). The van der Waals surface area contributed by atoms with Crippen LogP contribution in [-0.2, 0) is 11.2 Å². The first kappa shape index (κ1) is 14.1. The Morgan fingerprint density at radius 1 is 1.32 bits per heavy atom. The predicted octanol–water partition coefficient (Wildman–Crippen LogP) is 3.49. The summed E-state index contributed by atoms with van der Waals surface area (Å²) >= 11 is 0. The minimum atomic E-state index is 0.273. The van der Waals surface area contributed by atoms with Gasteiger partial charge >= 0.3 is 0 Å². The number of hydrogen-bond donors (Lipinski definition) is 0. The zero-order valence-electron chi connectivity index (χ0n) is 12.6. The van der Waals surface area contributed by atoms with Gasteiger partial charge < -0.3 is 4.90 Å². The van der Waals surface area contributed by atoms with E-state index in [1.54, 1.807) is 0 Å². The molecule has 1 heterocycles. The van der Waals surface area contributed by atoms with Gasteiger partial charge in [0.2, 0.25) is 5.91 Å². The summed E-state index contributed by atoms with van der Waals surface area (Å²) in [4.78, 5) is 14.5. The smallest absolute Gasteiger partial charge is 0.227 e. The van der Waals surface area contributed by atoms with Crippen molar-refractivity contribution in [2.75, 3.05) is 13.1 Å². The highest BCUT2D eigenvalue weighted by atomic mass is 16.2. The Balaban J connectivity index is 2.06. The summed E-state index contributed by atoms with van der Waals surface area (Å²) in [6.07, 6.45) is 2.90. The molecular formula is C17H25NO. The molecule has 0 atom stereocenters. The Morgan fingerprint density at radius 2 is 2.05 bits per heavy atom. The van der Waals surface area contributed by atoms with Gasteiger partial charge in [-0.1, -0.05) is 37.6 Å². The lowest BCUT2D eigenvalue weighted by molar-refractivity contribution is -0.133. The molecule has 0 N–H and O–H groups in total. The van der Waals surface area contributed by atoms with Crippen molar-refractivity contribution in [1.82, 2.24) is 4.90 Å². The topological polar surface area (TPSA) is 20.3 Å². The standard InChI is InChI=1S/C17H25NO/c1-13-6-7-14(2)15(10-13)11-16(19)18-9-5-8-17(3,4)12-18/h6-7,10H,5,8-9,11-12H2,1-4H3. The predicted molar refractivity (Wildman–Crippen MR) is 79.2 cm³/mol. The van der Waals surface area contributed by atoms with Crippen molar-refractivity contribution in [1.29, 1.82) is 0 Å². The quantitative estimate of drug-likeness (QED) is 0.796. The average Bonchev–Trinajstić information content (AvgIpc) is 2.32. The number of rotatable bonds is 2. The second-order valence-corrected chi connectivity index (χ2v) is 6.69. The minimum absolute atomic E-state index is 0.273. The van der Waals surface area contributed by atoms with Crippen LogP contribution in [0.1, 0.15) is 43.4 Å². The van der Waals surface area contributed by atoms with Crippen molar-refractivity contribution >= 4 is 5.91 Å². The van der Waals surface area contributed by atoms with Crippen LogP contribution in [0.3, 0.4) is 0 Å². The van der Waals surface area contributed by atoms with Gasteiger partial charge in [-0.15, -0.1) is 0 Å². The molecule has 0 saturated carbocycles. The lowest BCUT2D eigenvalue weighted by Crippen LogP contribution is -2.44. The van der Waals surface area contributed by atoms with Crippen molar-refractivity contribution in [2.24, 2.45) is 5.41 Å². The summed E-state index contributed by atoms with van der Waals surface area (Å²) in [5, 5.41) is 0. The first-order chi connectivity index (χ1) is 8.87. The maximum Gasteiger partial charge on any atom is 0.227 e. The second kappa shape index (κ2) is 5.36. The molecule has 1 aliphatic heterocycles. The van der Waals surface area contributed by atoms with Gasteiger partial charge in [-0.25, -0.2) is 0 Å². The van der Waals surface area contributed by atoms with E-state index in [-0.39, 0.29) is 11.3 Å². The van der Waals surface area contributed by atoms with Crippen LogP contribution in [0.4, 0.5) is 0 Å². The Bertz CT molecular complexity index is 476. The van der Waals surface area contributed by atoms with Crippen LogP contribution in [0.2, 0.25) is 0 Å². The molecule has 1 aromatic carbocycles. The molecule has 0 radical (unpaired) electrons. The summed E-state index contributed by atoms with van der Waals surface area (Å²) in [5.74, 6) is 0.279. The average molecular weight is 259 g/mol. The van der Waals surface area contributed by atoms with Crippen molar-refractivity contribution in [3.05, 3.63) is 34.9 Å². The molecule has 1 aromatic rings. The van der Waals surface area contributed by atoms with Gasteiger partial charge in [0.05, 0.1) is 6.42 Å². The molecule has 0 aromatic heterocycles. The monoisotopic (exact) mass is 259 g/mol. The summed E-state index contributed by atoms with van der Waals surface area (Å²) in [6.45, 7) is 10.5. The molecule has 0 spiro atoms. The summed E-state index contributed by atoms with van der Waals surface area (Å²) in [6, 6.07) is 6.35. The van der Waals surface area contributed by atoms with Gasteiger partial charge in [-0.3, -0.25) is 4.79 Å². The SMILES string of the molecule is Cc1ccc(C)c(CC(=O)N2CCCC(C)(C)C2)c1. The van der Waals surface area contributed by atoms with E-state index in [2.05, 4.69) is 45.9 Å². The van der Waals surface area contributed by atoms with Crippen LogP contribution >= 0.6 is 0 Å². The lowest BCUT2D eigenvalue weighted by Gasteiger charge is -2.38. The van der Waals surface area contributed by atoms with E-state index in [4.69, 9.17) is 0 Å². The number of amides is 1. The Morgan fingerprint density at radius 3 is 2.74 bits per heavy atom. The molecule has 1 saturated heterocycles. The molecule has 1 fully saturated rings. The number of carbonyl (C=O) groups is 1. The molecule has 0 aliphatic carbocycles. The van der Waals surface area contributed by atoms with Gasteiger partial charge in [0, 0.05) is 13.1 Å². The highest BCUT2D eigenvalue weighted by Gasteiger charge is 2.29. The maximum absolute atomic E-state index is 12.4. The van der Waals surface area contributed by atoms with E-state index >= 15 is 0 Å². The Hall–Kier alpha value is -1.31. The Kier molecular flexibility index (Phi) is 3.98. The van der Waals surface area contributed by atoms with Crippen LogP contribution in [0.25, 0.3) is 0 Å². The molecule has 19 heavy (non-hydrogen) atoms. The molecule has 1 amide bonds. The molecule has 2 heteroatoms. The first-order valence-electron chi connectivity index (χ1n) is 7.21. The van der Waals surface area contributed by atoms with E-state index in [1.165, 1.54) is 23.1 Å². The first-order valence-corrected chi connectivity index (χ1v) is 7.21. The number of nitrogens with zero attached hydrogens (tertiary/aromatic N) is 1. The van der Waals surface area contributed by atoms with Crippen LogP contribution < -0.4 is 0 Å². The number of hydrogen-bond acceptors (Lipinski definition) is 1. The number of benzene rings is 1. The third kappa shape index (κ3) is 3.59. The highest BCUT2D eigenvalue weighted by Crippen LogP contribution is 2.28. The highest BCUT2D eigenvalue weighted by molar-refractivity contribution is 5.79. The molecule has 2 nitrogen and oxygen atoms in total. The minimum Gasteiger partial charge on any atom is -0.342 e. The van der Waals surface area contributed by atoms with Crippen molar-refractivity contribution < 1.29 is 4.79 Å². The number of piperidine rings is 1. The van der Waals surface area contributed by atoms with Crippen molar-refractivity contribution in [3.8, 4) is 0 Å². The third-order valence-electron chi connectivity index (χ3n) is 4.10. The van der Waals surface area contributed by atoms with Crippen LogP contribution in [0, 0.1) is 19.3 Å². The number of carbonyl (C=O) groups excluding carboxylic acids is 1. The van der Waals surface area contributed by atoms with Crippen LogP contribution in [-0.4, -0.2) is 23.9 Å². The van der Waals surface area contributed by atoms with Gasteiger partial charge in [0.1, 0.15) is 0 Å². The van der Waals surface area contributed by atoms with Gasteiger partial charge in [0.15, 0.2) is 0 Å². The Labute approximate surface area is 116 Å². The van der Waals surface area contributed by atoms with Crippen molar-refractivity contribution in [2.45, 2.75) is 47.0 Å². The van der Waals surface area contributed by atoms with Crippen molar-refractivity contribution in [3.63, 3.8) is 0 Å². The molecule has 0 bridgehead atoms. The largest absolute Gasteiger partial charge is 0.342 e. The number of aryl methyl sites for hydroxylation is 2. The van der Waals surface area contributed by atoms with Gasteiger partial charge in [0.25, 0.3) is 0 Å². The lowest BCUT2D eigenvalue weighted by atomic mass is 9.84.